The van der Waals surface area contributed by atoms with Crippen molar-refractivity contribution in [2.24, 2.45) is 5.92 Å². The van der Waals surface area contributed by atoms with E-state index in [-0.39, 0.29) is 30.4 Å². The van der Waals surface area contributed by atoms with Crippen LogP contribution in [0.15, 0.2) is 91.0 Å². The summed E-state index contributed by atoms with van der Waals surface area (Å²) in [4.78, 5) is 27.4. The molecule has 1 heterocycles. The zero-order valence-corrected chi connectivity index (χ0v) is 18.7. The van der Waals surface area contributed by atoms with E-state index in [4.69, 9.17) is 4.74 Å². The number of para-hydroxylation sites is 1. The highest BCUT2D eigenvalue weighted by Crippen LogP contribution is 2.23. The van der Waals surface area contributed by atoms with Gasteiger partial charge in [0.2, 0.25) is 5.91 Å². The van der Waals surface area contributed by atoms with Crippen LogP contribution < -0.4 is 10.1 Å². The molecule has 1 N–H and O–H groups in total. The fourth-order valence-electron chi connectivity index (χ4n) is 4.22. The smallest absolute Gasteiger partial charge is 0.260 e. The van der Waals surface area contributed by atoms with Gasteiger partial charge in [-0.15, -0.1) is 0 Å². The summed E-state index contributed by atoms with van der Waals surface area (Å²) in [5, 5.41) is 3.28. The molecule has 0 aliphatic carbocycles. The highest BCUT2D eigenvalue weighted by Gasteiger charge is 2.29. The van der Waals surface area contributed by atoms with E-state index in [1.807, 2.05) is 66.7 Å². The van der Waals surface area contributed by atoms with Crippen molar-refractivity contribution in [2.75, 3.05) is 19.7 Å². The lowest BCUT2D eigenvalue weighted by Gasteiger charge is -2.32. The van der Waals surface area contributed by atoms with E-state index in [0.29, 0.717) is 31.7 Å². The topological polar surface area (TPSA) is 58.6 Å². The van der Waals surface area contributed by atoms with Gasteiger partial charge in [-0.05, 0) is 42.5 Å². The highest BCUT2D eigenvalue weighted by molar-refractivity contribution is 5.81. The van der Waals surface area contributed by atoms with Gasteiger partial charge >= 0.3 is 0 Å². The minimum atomic E-state index is -0.0916. The molecular weight excluding hydrogens is 412 g/mol. The average Bonchev–Trinajstić information content (AvgIpc) is 2.88. The second kappa shape index (κ2) is 11.3. The van der Waals surface area contributed by atoms with Gasteiger partial charge in [0.05, 0.1) is 6.04 Å². The highest BCUT2D eigenvalue weighted by atomic mass is 16.5. The molecule has 33 heavy (non-hydrogen) atoms. The second-order valence-electron chi connectivity index (χ2n) is 8.42. The SMILES string of the molecule is O=C(N[C@@H](Cc1ccccc1)c1ccccc1)C1CCN(C(=O)COc2ccccc2)CC1. The molecule has 3 aromatic carbocycles. The molecule has 5 heteroatoms. The van der Waals surface area contributed by atoms with E-state index >= 15 is 0 Å². The molecule has 4 rings (SSSR count). The Hall–Kier alpha value is -3.60. The lowest BCUT2D eigenvalue weighted by Crippen LogP contribution is -2.45. The van der Waals surface area contributed by atoms with Crippen molar-refractivity contribution in [3.05, 3.63) is 102 Å². The first-order chi connectivity index (χ1) is 16.2. The number of benzene rings is 3. The molecule has 0 unspecified atom stereocenters. The average molecular weight is 443 g/mol. The molecule has 0 bridgehead atoms. The summed E-state index contributed by atoms with van der Waals surface area (Å²) in [6.07, 6.45) is 2.07. The van der Waals surface area contributed by atoms with Crippen LogP contribution >= 0.6 is 0 Å². The van der Waals surface area contributed by atoms with Crippen molar-refractivity contribution in [3.63, 3.8) is 0 Å². The van der Waals surface area contributed by atoms with Crippen LogP contribution in [0.4, 0.5) is 0 Å². The number of nitrogens with zero attached hydrogens (tertiary/aromatic N) is 1. The Morgan fingerprint density at radius 2 is 1.42 bits per heavy atom. The van der Waals surface area contributed by atoms with Crippen molar-refractivity contribution in [2.45, 2.75) is 25.3 Å². The van der Waals surface area contributed by atoms with Crippen molar-refractivity contribution in [3.8, 4) is 5.75 Å². The Morgan fingerprint density at radius 1 is 0.848 bits per heavy atom. The fraction of sp³-hybridized carbons (Fsp3) is 0.286. The molecule has 0 aromatic heterocycles. The standard InChI is InChI=1S/C28H30N2O3/c31-27(21-33-25-14-8-3-9-15-25)30-18-16-24(17-19-30)28(32)29-26(23-12-6-2-7-13-23)20-22-10-4-1-5-11-22/h1-15,24,26H,16-21H2,(H,29,32)/t26-/m0/s1. The lowest BCUT2D eigenvalue weighted by atomic mass is 9.93. The van der Waals surface area contributed by atoms with Gasteiger partial charge in [0.1, 0.15) is 5.75 Å². The third-order valence-electron chi connectivity index (χ3n) is 6.13. The van der Waals surface area contributed by atoms with Crippen molar-refractivity contribution in [1.82, 2.24) is 10.2 Å². The number of carbonyl (C=O) groups excluding carboxylic acids is 2. The molecule has 1 saturated heterocycles. The normalized spacial score (nSPS) is 15.0. The number of hydrogen-bond donors (Lipinski definition) is 1. The van der Waals surface area contributed by atoms with Crippen molar-refractivity contribution in [1.29, 1.82) is 0 Å². The quantitative estimate of drug-likeness (QED) is 0.562. The lowest BCUT2D eigenvalue weighted by molar-refractivity contribution is -0.137. The van der Waals surface area contributed by atoms with Crippen LogP contribution in [0, 0.1) is 5.92 Å². The molecule has 5 nitrogen and oxygen atoms in total. The van der Waals surface area contributed by atoms with Crippen LogP contribution in [0.1, 0.15) is 30.0 Å². The number of carbonyl (C=O) groups is 2. The maximum atomic E-state index is 13.1. The predicted octanol–water partition coefficient (Wildman–Crippen LogP) is 4.40. The Labute approximate surface area is 195 Å². The Morgan fingerprint density at radius 3 is 2.06 bits per heavy atom. The molecule has 2 amide bonds. The van der Waals surface area contributed by atoms with Gasteiger partial charge in [-0.2, -0.15) is 0 Å². The molecule has 1 atom stereocenters. The van der Waals surface area contributed by atoms with Crippen molar-refractivity contribution < 1.29 is 14.3 Å². The summed E-state index contributed by atoms with van der Waals surface area (Å²) >= 11 is 0. The van der Waals surface area contributed by atoms with Gasteiger partial charge in [0.15, 0.2) is 6.61 Å². The molecule has 0 saturated carbocycles. The first-order valence-electron chi connectivity index (χ1n) is 11.5. The molecule has 1 aliphatic heterocycles. The molecule has 1 aliphatic rings. The Kier molecular flexibility index (Phi) is 7.75. The Bertz CT molecular complexity index is 1020. The second-order valence-corrected chi connectivity index (χ2v) is 8.42. The fourth-order valence-corrected chi connectivity index (χ4v) is 4.22. The molecule has 3 aromatic rings. The van der Waals surface area contributed by atoms with Crippen LogP contribution in [0.3, 0.4) is 0 Å². The Balaban J connectivity index is 1.30. The van der Waals surface area contributed by atoms with Crippen LogP contribution in [0.5, 0.6) is 5.75 Å². The van der Waals surface area contributed by atoms with E-state index in [1.165, 1.54) is 5.56 Å². The maximum Gasteiger partial charge on any atom is 0.260 e. The van der Waals surface area contributed by atoms with E-state index in [9.17, 15) is 9.59 Å². The molecular formula is C28H30N2O3. The van der Waals surface area contributed by atoms with Gasteiger partial charge in [-0.3, -0.25) is 9.59 Å². The largest absolute Gasteiger partial charge is 0.484 e. The van der Waals surface area contributed by atoms with Gasteiger partial charge < -0.3 is 15.0 Å². The van der Waals surface area contributed by atoms with Gasteiger partial charge in [-0.1, -0.05) is 78.9 Å². The van der Waals surface area contributed by atoms with Crippen LogP contribution in [-0.2, 0) is 16.0 Å². The zero-order chi connectivity index (χ0) is 22.9. The van der Waals surface area contributed by atoms with E-state index < -0.39 is 0 Å². The van der Waals surface area contributed by atoms with Gasteiger partial charge in [-0.25, -0.2) is 0 Å². The van der Waals surface area contributed by atoms with Gasteiger partial charge in [0.25, 0.3) is 5.91 Å². The summed E-state index contributed by atoms with van der Waals surface area (Å²) in [5.41, 5.74) is 2.28. The number of rotatable bonds is 8. The summed E-state index contributed by atoms with van der Waals surface area (Å²) in [7, 11) is 0. The minimum Gasteiger partial charge on any atom is -0.484 e. The predicted molar refractivity (Wildman–Crippen MR) is 129 cm³/mol. The number of nitrogens with one attached hydrogen (secondary N) is 1. The summed E-state index contributed by atoms with van der Waals surface area (Å²) in [6, 6.07) is 29.6. The van der Waals surface area contributed by atoms with Gasteiger partial charge in [0, 0.05) is 19.0 Å². The number of amides is 2. The van der Waals surface area contributed by atoms with Crippen LogP contribution in [-0.4, -0.2) is 36.4 Å². The molecule has 1 fully saturated rings. The first-order valence-corrected chi connectivity index (χ1v) is 11.5. The van der Waals surface area contributed by atoms with E-state index in [2.05, 4.69) is 29.6 Å². The molecule has 0 spiro atoms. The summed E-state index contributed by atoms with van der Waals surface area (Å²) in [6.45, 7) is 1.17. The van der Waals surface area contributed by atoms with Crippen LogP contribution in [0.2, 0.25) is 0 Å². The number of hydrogen-bond acceptors (Lipinski definition) is 3. The monoisotopic (exact) mass is 442 g/mol. The number of likely N-dealkylation sites (tertiary alicyclic amines) is 1. The van der Waals surface area contributed by atoms with E-state index in [0.717, 1.165) is 12.0 Å². The molecule has 0 radical (unpaired) electrons. The minimum absolute atomic E-state index is 0.0219. The third-order valence-corrected chi connectivity index (χ3v) is 6.13. The van der Waals surface area contributed by atoms with Crippen LogP contribution in [0.25, 0.3) is 0 Å². The first kappa shape index (κ1) is 22.6. The third kappa shape index (κ3) is 6.45. The zero-order valence-electron chi connectivity index (χ0n) is 18.7. The van der Waals surface area contributed by atoms with E-state index in [1.54, 1.807) is 4.90 Å². The van der Waals surface area contributed by atoms with Crippen molar-refractivity contribution >= 4 is 11.8 Å². The maximum absolute atomic E-state index is 13.1. The number of ether oxygens (including phenoxy) is 1. The molecule has 170 valence electrons. The number of piperidine rings is 1. The summed E-state index contributed by atoms with van der Waals surface area (Å²) < 4.78 is 5.58. The summed E-state index contributed by atoms with van der Waals surface area (Å²) in [5.74, 6) is 0.618.